The van der Waals surface area contributed by atoms with Crippen molar-refractivity contribution in [3.05, 3.63) is 73.1 Å². The fraction of sp³-hybridized carbons (Fsp3) is 0.273. The number of ether oxygens (including phenoxy) is 1. The molecular formula is C33H33FN8O. The first-order valence-corrected chi connectivity index (χ1v) is 14.7. The quantitative estimate of drug-likeness (QED) is 0.177. The topological polar surface area (TPSA) is 108 Å². The van der Waals surface area contributed by atoms with Crippen LogP contribution >= 0.6 is 0 Å². The number of hydrogen-bond acceptors (Lipinski definition) is 7. The number of nitrogens with one attached hydrogen (secondary N) is 3. The van der Waals surface area contributed by atoms with Gasteiger partial charge in [-0.3, -0.25) is 25.0 Å². The molecule has 1 fully saturated rings. The SMILES string of the molecule is CC(C)Nc1cncc(-c2cc3c(-c4cc5c(-c6cc(F)cc(OCCN7CCCC7)c6)nccc5[nH]4)n[nH]c3cn2)c1. The molecule has 10 heteroatoms. The summed E-state index contributed by atoms with van der Waals surface area (Å²) in [6.07, 6.45) is 9.59. The minimum absolute atomic E-state index is 0.292. The van der Waals surface area contributed by atoms with Gasteiger partial charge in [0.15, 0.2) is 0 Å². The predicted molar refractivity (Wildman–Crippen MR) is 168 cm³/mol. The summed E-state index contributed by atoms with van der Waals surface area (Å²) in [6, 6.07) is 13.1. The maximum atomic E-state index is 14.8. The average Bonchev–Trinajstić information content (AvgIpc) is 3.76. The summed E-state index contributed by atoms with van der Waals surface area (Å²) < 4.78 is 20.7. The Labute approximate surface area is 248 Å². The van der Waals surface area contributed by atoms with E-state index in [9.17, 15) is 4.39 Å². The van der Waals surface area contributed by atoms with Crippen LogP contribution in [-0.2, 0) is 0 Å². The van der Waals surface area contributed by atoms with Gasteiger partial charge in [-0.15, -0.1) is 0 Å². The molecule has 7 rings (SSSR count). The Balaban J connectivity index is 1.21. The number of halogens is 1. The number of fused-ring (bicyclic) bond motifs is 2. The predicted octanol–water partition coefficient (Wildman–Crippen LogP) is 6.66. The standard InChI is InChI=1S/C33H33FN8O/c1-20(2)38-24-12-22(17-35-18-24)29-15-27-31(19-37-29)40-41-33(27)30-16-26-28(39-30)5-6-36-32(26)21-11-23(34)14-25(13-21)43-10-9-42-7-3-4-8-42/h5-6,11-20,38-39H,3-4,7-10H2,1-2H3,(H,40,41). The summed E-state index contributed by atoms with van der Waals surface area (Å²) in [6.45, 7) is 7.74. The number of benzene rings is 1. The Kier molecular flexibility index (Phi) is 7.20. The van der Waals surface area contributed by atoms with E-state index in [4.69, 9.17) is 4.74 Å². The third kappa shape index (κ3) is 5.65. The lowest BCUT2D eigenvalue weighted by Gasteiger charge is -2.15. The van der Waals surface area contributed by atoms with E-state index in [1.54, 1.807) is 12.4 Å². The lowest BCUT2D eigenvalue weighted by Crippen LogP contribution is -2.25. The number of rotatable bonds is 9. The number of anilines is 1. The van der Waals surface area contributed by atoms with Gasteiger partial charge in [-0.25, -0.2) is 4.39 Å². The molecule has 0 saturated carbocycles. The molecular weight excluding hydrogens is 543 g/mol. The van der Waals surface area contributed by atoms with Crippen molar-refractivity contribution < 1.29 is 9.13 Å². The van der Waals surface area contributed by atoms with Crippen molar-refractivity contribution in [2.24, 2.45) is 0 Å². The number of hydrogen-bond donors (Lipinski definition) is 3. The van der Waals surface area contributed by atoms with E-state index in [0.29, 0.717) is 29.7 Å². The van der Waals surface area contributed by atoms with Gasteiger partial charge in [0.2, 0.25) is 0 Å². The van der Waals surface area contributed by atoms with E-state index in [2.05, 4.69) is 54.2 Å². The zero-order chi connectivity index (χ0) is 29.3. The summed E-state index contributed by atoms with van der Waals surface area (Å²) >= 11 is 0. The van der Waals surface area contributed by atoms with Crippen LogP contribution in [-0.4, -0.2) is 67.3 Å². The van der Waals surface area contributed by atoms with Crippen LogP contribution in [0.15, 0.2) is 67.3 Å². The van der Waals surface area contributed by atoms with Gasteiger partial charge in [-0.2, -0.15) is 5.10 Å². The Bertz CT molecular complexity index is 1910. The van der Waals surface area contributed by atoms with Crippen molar-refractivity contribution in [1.82, 2.24) is 35.0 Å². The molecule has 0 bridgehead atoms. The van der Waals surface area contributed by atoms with E-state index >= 15 is 0 Å². The minimum atomic E-state index is -0.358. The second-order valence-electron chi connectivity index (χ2n) is 11.3. The summed E-state index contributed by atoms with van der Waals surface area (Å²) in [5, 5.41) is 12.9. The first-order chi connectivity index (χ1) is 21.0. The highest BCUT2D eigenvalue weighted by atomic mass is 19.1. The third-order valence-electron chi connectivity index (χ3n) is 7.76. The van der Waals surface area contributed by atoms with Gasteiger partial charge in [0.25, 0.3) is 0 Å². The molecule has 5 aromatic heterocycles. The second-order valence-corrected chi connectivity index (χ2v) is 11.3. The number of aromatic amines is 2. The molecule has 1 aliphatic heterocycles. The monoisotopic (exact) mass is 576 g/mol. The molecule has 6 heterocycles. The molecule has 1 aromatic carbocycles. The van der Waals surface area contributed by atoms with Crippen LogP contribution in [0.4, 0.5) is 10.1 Å². The highest BCUT2D eigenvalue weighted by Crippen LogP contribution is 2.35. The first-order valence-electron chi connectivity index (χ1n) is 14.7. The smallest absolute Gasteiger partial charge is 0.127 e. The van der Waals surface area contributed by atoms with Crippen molar-refractivity contribution in [3.8, 4) is 39.7 Å². The van der Waals surface area contributed by atoms with Crippen LogP contribution in [0.1, 0.15) is 26.7 Å². The van der Waals surface area contributed by atoms with Crippen molar-refractivity contribution in [1.29, 1.82) is 0 Å². The minimum Gasteiger partial charge on any atom is -0.492 e. The van der Waals surface area contributed by atoms with Gasteiger partial charge >= 0.3 is 0 Å². The Morgan fingerprint density at radius 1 is 0.930 bits per heavy atom. The first kappa shape index (κ1) is 27.0. The molecule has 0 spiro atoms. The van der Waals surface area contributed by atoms with Gasteiger partial charge in [0.1, 0.15) is 23.9 Å². The van der Waals surface area contributed by atoms with Crippen molar-refractivity contribution >= 4 is 27.5 Å². The molecule has 1 aliphatic rings. The highest BCUT2D eigenvalue weighted by molar-refractivity contribution is 6.00. The fourth-order valence-corrected chi connectivity index (χ4v) is 5.77. The third-order valence-corrected chi connectivity index (χ3v) is 7.76. The van der Waals surface area contributed by atoms with Crippen molar-refractivity contribution in [2.75, 3.05) is 31.6 Å². The number of nitrogens with zero attached hydrogens (tertiary/aromatic N) is 5. The van der Waals surface area contributed by atoms with Crippen LogP contribution in [0, 0.1) is 5.82 Å². The zero-order valence-corrected chi connectivity index (χ0v) is 24.2. The molecule has 6 aromatic rings. The van der Waals surface area contributed by atoms with E-state index < -0.39 is 0 Å². The highest BCUT2D eigenvalue weighted by Gasteiger charge is 2.17. The largest absolute Gasteiger partial charge is 0.492 e. The molecule has 9 nitrogen and oxygen atoms in total. The summed E-state index contributed by atoms with van der Waals surface area (Å²) in [5.74, 6) is 0.146. The second kappa shape index (κ2) is 11.4. The van der Waals surface area contributed by atoms with Crippen molar-refractivity contribution in [2.45, 2.75) is 32.7 Å². The molecule has 0 aliphatic carbocycles. The van der Waals surface area contributed by atoms with E-state index in [1.165, 1.54) is 25.0 Å². The molecule has 1 saturated heterocycles. The zero-order valence-electron chi connectivity index (χ0n) is 24.2. The number of pyridine rings is 3. The van der Waals surface area contributed by atoms with E-state index in [-0.39, 0.29) is 5.82 Å². The normalized spacial score (nSPS) is 13.9. The molecule has 0 radical (unpaired) electrons. The molecule has 0 amide bonds. The number of H-pyrrole nitrogens is 2. The van der Waals surface area contributed by atoms with Crippen LogP contribution in [0.5, 0.6) is 5.75 Å². The summed E-state index contributed by atoms with van der Waals surface area (Å²) in [4.78, 5) is 19.6. The van der Waals surface area contributed by atoms with E-state index in [0.717, 1.165) is 69.8 Å². The maximum Gasteiger partial charge on any atom is 0.127 e. The van der Waals surface area contributed by atoms with Gasteiger partial charge in [-0.05, 0) is 76.2 Å². The molecule has 218 valence electrons. The summed E-state index contributed by atoms with van der Waals surface area (Å²) in [5.41, 5.74) is 7.26. The van der Waals surface area contributed by atoms with Crippen molar-refractivity contribution in [3.63, 3.8) is 0 Å². The fourth-order valence-electron chi connectivity index (χ4n) is 5.77. The summed E-state index contributed by atoms with van der Waals surface area (Å²) in [7, 11) is 0. The van der Waals surface area contributed by atoms with Crippen LogP contribution < -0.4 is 10.1 Å². The van der Waals surface area contributed by atoms with Gasteiger partial charge in [0.05, 0.1) is 34.5 Å². The molecule has 3 N–H and O–H groups in total. The van der Waals surface area contributed by atoms with Gasteiger partial charge in [-0.1, -0.05) is 0 Å². The van der Waals surface area contributed by atoms with Gasteiger partial charge in [0, 0.05) is 64.7 Å². The maximum absolute atomic E-state index is 14.8. The Morgan fingerprint density at radius 2 is 1.79 bits per heavy atom. The number of aromatic nitrogens is 6. The lowest BCUT2D eigenvalue weighted by atomic mass is 10.1. The van der Waals surface area contributed by atoms with Crippen LogP contribution in [0.25, 0.3) is 55.7 Å². The van der Waals surface area contributed by atoms with E-state index in [1.807, 2.05) is 42.7 Å². The Hall–Kier alpha value is -4.83. The average molecular weight is 577 g/mol. The van der Waals surface area contributed by atoms with Crippen LogP contribution in [0.3, 0.4) is 0 Å². The van der Waals surface area contributed by atoms with Crippen LogP contribution in [0.2, 0.25) is 0 Å². The molecule has 0 unspecified atom stereocenters. The Morgan fingerprint density at radius 3 is 2.65 bits per heavy atom. The number of likely N-dealkylation sites (tertiary alicyclic amines) is 1. The molecule has 0 atom stereocenters. The molecule has 43 heavy (non-hydrogen) atoms. The lowest BCUT2D eigenvalue weighted by molar-refractivity contribution is 0.237. The van der Waals surface area contributed by atoms with Gasteiger partial charge < -0.3 is 15.0 Å².